The average Bonchev–Trinajstić information content (AvgIpc) is 2.56. The fourth-order valence-corrected chi connectivity index (χ4v) is 3.48. The van der Waals surface area contributed by atoms with E-state index in [1.54, 1.807) is 0 Å². The lowest BCUT2D eigenvalue weighted by Crippen LogP contribution is -2.39. The van der Waals surface area contributed by atoms with Crippen LogP contribution in [0, 0.1) is 11.3 Å². The van der Waals surface area contributed by atoms with Crippen molar-refractivity contribution in [2.45, 2.75) is 44.6 Å². The standard InChI is InChI=1S/C18H22N2/c19-14-15-6-8-16(9-7-15)17-10-12-20(13-11-17)18-4-2-1-3-5-18/h6-10,18H,1-5,11-13H2. The minimum absolute atomic E-state index is 0.744. The van der Waals surface area contributed by atoms with Gasteiger partial charge in [-0.25, -0.2) is 0 Å². The first-order chi connectivity index (χ1) is 9.86. The molecular weight excluding hydrogens is 244 g/mol. The van der Waals surface area contributed by atoms with Crippen molar-refractivity contribution in [3.8, 4) is 6.07 Å². The SMILES string of the molecule is N#Cc1ccc(C2=CCN(C3CCCCC3)CC2)cc1. The molecule has 3 rings (SSSR count). The fraction of sp³-hybridized carbons (Fsp3) is 0.500. The van der Waals surface area contributed by atoms with Crippen molar-refractivity contribution in [1.29, 1.82) is 5.26 Å². The van der Waals surface area contributed by atoms with Crippen molar-refractivity contribution in [1.82, 2.24) is 4.90 Å². The van der Waals surface area contributed by atoms with Crippen LogP contribution in [0.2, 0.25) is 0 Å². The topological polar surface area (TPSA) is 27.0 Å². The zero-order valence-corrected chi connectivity index (χ0v) is 12.0. The van der Waals surface area contributed by atoms with E-state index < -0.39 is 0 Å². The summed E-state index contributed by atoms with van der Waals surface area (Å²) < 4.78 is 0. The Kier molecular flexibility index (Phi) is 4.18. The van der Waals surface area contributed by atoms with Gasteiger partial charge in [0.1, 0.15) is 0 Å². The Balaban J connectivity index is 1.65. The predicted octanol–water partition coefficient (Wildman–Crippen LogP) is 3.98. The minimum atomic E-state index is 0.744. The van der Waals surface area contributed by atoms with Gasteiger partial charge in [0.25, 0.3) is 0 Å². The smallest absolute Gasteiger partial charge is 0.0991 e. The summed E-state index contributed by atoms with van der Waals surface area (Å²) in [7, 11) is 0. The van der Waals surface area contributed by atoms with Crippen molar-refractivity contribution < 1.29 is 0 Å². The zero-order chi connectivity index (χ0) is 13.8. The molecule has 20 heavy (non-hydrogen) atoms. The Morgan fingerprint density at radius 1 is 1.05 bits per heavy atom. The molecule has 0 radical (unpaired) electrons. The Morgan fingerprint density at radius 3 is 2.40 bits per heavy atom. The van der Waals surface area contributed by atoms with Gasteiger partial charge in [-0.3, -0.25) is 4.90 Å². The van der Waals surface area contributed by atoms with E-state index in [1.165, 1.54) is 49.8 Å². The molecule has 1 fully saturated rings. The molecule has 1 aromatic carbocycles. The lowest BCUT2D eigenvalue weighted by Gasteiger charge is -2.36. The third-order valence-corrected chi connectivity index (χ3v) is 4.72. The molecule has 1 saturated carbocycles. The molecule has 1 aliphatic carbocycles. The van der Waals surface area contributed by atoms with Gasteiger partial charge in [-0.05, 0) is 42.5 Å². The molecule has 0 unspecified atom stereocenters. The van der Waals surface area contributed by atoms with Crippen LogP contribution in [-0.4, -0.2) is 24.0 Å². The quantitative estimate of drug-likeness (QED) is 0.809. The summed E-state index contributed by atoms with van der Waals surface area (Å²) in [6.07, 6.45) is 10.6. The van der Waals surface area contributed by atoms with Crippen LogP contribution in [0.3, 0.4) is 0 Å². The maximum absolute atomic E-state index is 8.85. The van der Waals surface area contributed by atoms with Crippen molar-refractivity contribution in [2.24, 2.45) is 0 Å². The predicted molar refractivity (Wildman–Crippen MR) is 82.2 cm³/mol. The minimum Gasteiger partial charge on any atom is -0.296 e. The van der Waals surface area contributed by atoms with Crippen LogP contribution in [0.4, 0.5) is 0 Å². The van der Waals surface area contributed by atoms with Gasteiger partial charge in [0.05, 0.1) is 11.6 Å². The van der Waals surface area contributed by atoms with Crippen molar-refractivity contribution >= 4 is 5.57 Å². The van der Waals surface area contributed by atoms with E-state index in [0.29, 0.717) is 0 Å². The van der Waals surface area contributed by atoms with E-state index in [9.17, 15) is 0 Å². The molecule has 1 aliphatic heterocycles. The highest BCUT2D eigenvalue weighted by Gasteiger charge is 2.22. The molecule has 104 valence electrons. The second-order valence-corrected chi connectivity index (χ2v) is 5.96. The Bertz CT molecular complexity index is 515. The van der Waals surface area contributed by atoms with Crippen LogP contribution in [-0.2, 0) is 0 Å². The van der Waals surface area contributed by atoms with Crippen LogP contribution < -0.4 is 0 Å². The third-order valence-electron chi connectivity index (χ3n) is 4.72. The Hall–Kier alpha value is -1.59. The highest BCUT2D eigenvalue weighted by atomic mass is 15.2. The molecule has 0 spiro atoms. The fourth-order valence-electron chi connectivity index (χ4n) is 3.48. The highest BCUT2D eigenvalue weighted by Crippen LogP contribution is 2.28. The first kappa shape index (κ1) is 13.4. The number of nitriles is 1. The Morgan fingerprint density at radius 2 is 1.80 bits per heavy atom. The maximum atomic E-state index is 8.85. The van der Waals surface area contributed by atoms with E-state index in [1.807, 2.05) is 12.1 Å². The number of rotatable bonds is 2. The van der Waals surface area contributed by atoms with E-state index in [4.69, 9.17) is 5.26 Å². The van der Waals surface area contributed by atoms with Crippen LogP contribution in [0.5, 0.6) is 0 Å². The number of hydrogen-bond acceptors (Lipinski definition) is 2. The van der Waals surface area contributed by atoms with Crippen LogP contribution in [0.25, 0.3) is 5.57 Å². The molecule has 0 bridgehead atoms. The summed E-state index contributed by atoms with van der Waals surface area (Å²) in [5.74, 6) is 0. The van der Waals surface area contributed by atoms with E-state index >= 15 is 0 Å². The second-order valence-electron chi connectivity index (χ2n) is 5.96. The van der Waals surface area contributed by atoms with E-state index in [-0.39, 0.29) is 0 Å². The summed E-state index contributed by atoms with van der Waals surface area (Å²) in [6.45, 7) is 2.29. The number of nitrogens with zero attached hydrogens (tertiary/aromatic N) is 2. The first-order valence-corrected chi connectivity index (χ1v) is 7.80. The van der Waals surface area contributed by atoms with E-state index in [2.05, 4.69) is 29.2 Å². The Labute approximate surface area is 121 Å². The molecule has 0 N–H and O–H groups in total. The van der Waals surface area contributed by atoms with Gasteiger partial charge < -0.3 is 0 Å². The lowest BCUT2D eigenvalue weighted by molar-refractivity contribution is 0.171. The molecule has 0 aromatic heterocycles. The molecule has 0 amide bonds. The molecule has 0 saturated heterocycles. The van der Waals surface area contributed by atoms with Crippen molar-refractivity contribution in [3.05, 3.63) is 41.5 Å². The molecule has 0 atom stereocenters. The van der Waals surface area contributed by atoms with Gasteiger partial charge in [0, 0.05) is 19.1 Å². The zero-order valence-electron chi connectivity index (χ0n) is 12.0. The lowest BCUT2D eigenvalue weighted by atomic mass is 9.92. The van der Waals surface area contributed by atoms with Crippen molar-refractivity contribution in [2.75, 3.05) is 13.1 Å². The molecule has 1 heterocycles. The van der Waals surface area contributed by atoms with Gasteiger partial charge in [-0.1, -0.05) is 37.5 Å². The maximum Gasteiger partial charge on any atom is 0.0991 e. The van der Waals surface area contributed by atoms with Gasteiger partial charge in [0.15, 0.2) is 0 Å². The molecule has 2 nitrogen and oxygen atoms in total. The van der Waals surface area contributed by atoms with Gasteiger partial charge >= 0.3 is 0 Å². The summed E-state index contributed by atoms with van der Waals surface area (Å²) in [4.78, 5) is 2.66. The molecular formula is C18H22N2. The van der Waals surface area contributed by atoms with Crippen LogP contribution in [0.1, 0.15) is 49.7 Å². The van der Waals surface area contributed by atoms with Crippen molar-refractivity contribution in [3.63, 3.8) is 0 Å². The first-order valence-electron chi connectivity index (χ1n) is 7.80. The number of benzene rings is 1. The summed E-state index contributed by atoms with van der Waals surface area (Å²) >= 11 is 0. The molecule has 1 aromatic rings. The average molecular weight is 266 g/mol. The van der Waals surface area contributed by atoms with Gasteiger partial charge in [-0.2, -0.15) is 5.26 Å². The molecule has 2 heteroatoms. The highest BCUT2D eigenvalue weighted by molar-refractivity contribution is 5.67. The second kappa shape index (κ2) is 6.24. The summed E-state index contributed by atoms with van der Waals surface area (Å²) in [5.41, 5.74) is 3.47. The molecule has 2 aliphatic rings. The third kappa shape index (κ3) is 2.94. The number of hydrogen-bond donors (Lipinski definition) is 0. The van der Waals surface area contributed by atoms with Crippen LogP contribution >= 0.6 is 0 Å². The summed E-state index contributed by atoms with van der Waals surface area (Å²) in [6, 6.07) is 11.0. The van der Waals surface area contributed by atoms with Gasteiger partial charge in [0.2, 0.25) is 0 Å². The monoisotopic (exact) mass is 266 g/mol. The normalized spacial score (nSPS) is 21.2. The van der Waals surface area contributed by atoms with Crippen LogP contribution in [0.15, 0.2) is 30.3 Å². The van der Waals surface area contributed by atoms with E-state index in [0.717, 1.165) is 24.6 Å². The summed E-state index contributed by atoms with van der Waals surface area (Å²) in [5, 5.41) is 8.85. The van der Waals surface area contributed by atoms with Gasteiger partial charge in [-0.15, -0.1) is 0 Å². The largest absolute Gasteiger partial charge is 0.296 e.